The van der Waals surface area contributed by atoms with Gasteiger partial charge in [0.25, 0.3) is 0 Å². The maximum Gasteiger partial charge on any atom is 0.119 e. The second kappa shape index (κ2) is 7.51. The van der Waals surface area contributed by atoms with Crippen molar-refractivity contribution in [3.63, 3.8) is 0 Å². The lowest BCUT2D eigenvalue weighted by molar-refractivity contribution is 0.189. The fourth-order valence-electron chi connectivity index (χ4n) is 2.57. The summed E-state index contributed by atoms with van der Waals surface area (Å²) in [5.41, 5.74) is 7.57. The van der Waals surface area contributed by atoms with E-state index in [0.717, 1.165) is 18.7 Å². The number of nitrogens with zero attached hydrogens (tertiary/aromatic N) is 1. The molecular formula is C16H28N2O. The van der Waals surface area contributed by atoms with Gasteiger partial charge in [0.05, 0.1) is 7.11 Å². The smallest absolute Gasteiger partial charge is 0.119 e. The molecule has 0 aliphatic heterocycles. The van der Waals surface area contributed by atoms with Gasteiger partial charge in [-0.15, -0.1) is 0 Å². The van der Waals surface area contributed by atoms with Crippen molar-refractivity contribution in [1.29, 1.82) is 0 Å². The lowest BCUT2D eigenvalue weighted by atomic mass is 9.95. The van der Waals surface area contributed by atoms with Crippen LogP contribution in [0, 0.1) is 5.92 Å². The fraction of sp³-hybridized carbons (Fsp3) is 0.625. The van der Waals surface area contributed by atoms with Crippen LogP contribution in [-0.2, 0) is 0 Å². The van der Waals surface area contributed by atoms with E-state index in [2.05, 4.69) is 44.9 Å². The van der Waals surface area contributed by atoms with Crippen LogP contribution in [0.4, 0.5) is 0 Å². The van der Waals surface area contributed by atoms with Crippen LogP contribution < -0.4 is 10.5 Å². The van der Waals surface area contributed by atoms with Gasteiger partial charge < -0.3 is 10.5 Å². The molecule has 0 aliphatic carbocycles. The Balaban J connectivity index is 3.01. The molecule has 0 aromatic heterocycles. The van der Waals surface area contributed by atoms with E-state index in [4.69, 9.17) is 10.5 Å². The van der Waals surface area contributed by atoms with Crippen LogP contribution in [0.15, 0.2) is 24.3 Å². The summed E-state index contributed by atoms with van der Waals surface area (Å²) < 4.78 is 5.32. The molecule has 3 nitrogen and oxygen atoms in total. The molecule has 1 aromatic carbocycles. The second-order valence-electron chi connectivity index (χ2n) is 5.63. The van der Waals surface area contributed by atoms with Crippen LogP contribution in [0.2, 0.25) is 0 Å². The minimum absolute atomic E-state index is 0.135. The molecule has 0 radical (unpaired) electrons. The Morgan fingerprint density at radius 3 is 2.53 bits per heavy atom. The third-order valence-electron chi connectivity index (χ3n) is 3.44. The minimum Gasteiger partial charge on any atom is -0.497 e. The maximum absolute atomic E-state index is 6.33. The number of benzene rings is 1. The number of nitrogens with two attached hydrogens (primary N) is 1. The van der Waals surface area contributed by atoms with Gasteiger partial charge in [-0.05, 0) is 37.1 Å². The maximum atomic E-state index is 6.33. The van der Waals surface area contributed by atoms with Crippen LogP contribution >= 0.6 is 0 Å². The monoisotopic (exact) mass is 264 g/mol. The predicted octanol–water partition coefficient (Wildman–Crippen LogP) is 3.06. The Morgan fingerprint density at radius 2 is 2.00 bits per heavy atom. The van der Waals surface area contributed by atoms with Crippen molar-refractivity contribution in [2.75, 3.05) is 20.7 Å². The second-order valence-corrected chi connectivity index (χ2v) is 5.63. The first-order valence-corrected chi connectivity index (χ1v) is 7.09. The zero-order valence-corrected chi connectivity index (χ0v) is 12.9. The van der Waals surface area contributed by atoms with Crippen LogP contribution in [0.25, 0.3) is 0 Å². The SMILES string of the molecule is CCC(N)C(c1cccc(OC)c1)N(C)CC(C)C. The summed E-state index contributed by atoms with van der Waals surface area (Å²) >= 11 is 0. The van der Waals surface area contributed by atoms with E-state index in [1.165, 1.54) is 5.56 Å². The molecule has 0 saturated carbocycles. The van der Waals surface area contributed by atoms with E-state index in [0.29, 0.717) is 5.92 Å². The van der Waals surface area contributed by atoms with Crippen LogP contribution in [0.3, 0.4) is 0 Å². The van der Waals surface area contributed by atoms with Gasteiger partial charge in [-0.3, -0.25) is 4.90 Å². The average molecular weight is 264 g/mol. The van der Waals surface area contributed by atoms with Gasteiger partial charge in [-0.2, -0.15) is 0 Å². The molecule has 108 valence electrons. The van der Waals surface area contributed by atoms with Crippen LogP contribution in [-0.4, -0.2) is 31.6 Å². The number of likely N-dealkylation sites (N-methyl/N-ethyl adjacent to an activating group) is 1. The number of ether oxygens (including phenoxy) is 1. The van der Waals surface area contributed by atoms with Gasteiger partial charge in [-0.1, -0.05) is 32.9 Å². The quantitative estimate of drug-likeness (QED) is 0.822. The number of rotatable bonds is 7. The predicted molar refractivity (Wildman–Crippen MR) is 81.5 cm³/mol. The Morgan fingerprint density at radius 1 is 1.32 bits per heavy atom. The van der Waals surface area contributed by atoms with Crippen molar-refractivity contribution in [3.05, 3.63) is 29.8 Å². The minimum atomic E-state index is 0.135. The normalized spacial score (nSPS) is 14.7. The highest BCUT2D eigenvalue weighted by molar-refractivity contribution is 5.31. The number of methoxy groups -OCH3 is 1. The lowest BCUT2D eigenvalue weighted by Gasteiger charge is -2.34. The van der Waals surface area contributed by atoms with Gasteiger partial charge in [0, 0.05) is 18.6 Å². The van der Waals surface area contributed by atoms with Gasteiger partial charge >= 0.3 is 0 Å². The molecule has 0 aliphatic rings. The molecule has 0 amide bonds. The molecule has 2 atom stereocenters. The van der Waals surface area contributed by atoms with Crippen molar-refractivity contribution in [2.24, 2.45) is 11.7 Å². The van der Waals surface area contributed by atoms with Crippen molar-refractivity contribution >= 4 is 0 Å². The zero-order chi connectivity index (χ0) is 14.4. The van der Waals surface area contributed by atoms with E-state index < -0.39 is 0 Å². The van der Waals surface area contributed by atoms with Crippen LogP contribution in [0.1, 0.15) is 38.8 Å². The first-order chi connectivity index (χ1) is 8.99. The molecule has 3 heteroatoms. The highest BCUT2D eigenvalue weighted by Gasteiger charge is 2.23. The van der Waals surface area contributed by atoms with Crippen LogP contribution in [0.5, 0.6) is 5.75 Å². The first kappa shape index (κ1) is 16.0. The summed E-state index contributed by atoms with van der Waals surface area (Å²) in [6, 6.07) is 8.61. The molecular weight excluding hydrogens is 236 g/mol. The van der Waals surface area contributed by atoms with Gasteiger partial charge in [0.15, 0.2) is 0 Å². The first-order valence-electron chi connectivity index (χ1n) is 7.09. The van der Waals surface area contributed by atoms with E-state index in [1.807, 2.05) is 12.1 Å². The van der Waals surface area contributed by atoms with E-state index >= 15 is 0 Å². The largest absolute Gasteiger partial charge is 0.497 e. The Labute approximate surface area is 117 Å². The molecule has 1 aromatic rings. The number of hydrogen-bond acceptors (Lipinski definition) is 3. The summed E-state index contributed by atoms with van der Waals surface area (Å²) in [4.78, 5) is 2.35. The number of hydrogen-bond donors (Lipinski definition) is 1. The molecule has 0 bridgehead atoms. The van der Waals surface area contributed by atoms with Crippen molar-refractivity contribution in [2.45, 2.75) is 39.3 Å². The van der Waals surface area contributed by atoms with E-state index in [1.54, 1.807) is 7.11 Å². The summed E-state index contributed by atoms with van der Waals surface area (Å²) in [5.74, 6) is 1.52. The van der Waals surface area contributed by atoms with Gasteiger partial charge in [0.2, 0.25) is 0 Å². The molecule has 0 heterocycles. The summed E-state index contributed by atoms with van der Waals surface area (Å²) in [6.07, 6.45) is 0.963. The fourth-order valence-corrected chi connectivity index (χ4v) is 2.57. The lowest BCUT2D eigenvalue weighted by Crippen LogP contribution is -2.40. The molecule has 0 spiro atoms. The third-order valence-corrected chi connectivity index (χ3v) is 3.44. The summed E-state index contributed by atoms with van der Waals surface area (Å²) in [6.45, 7) is 7.64. The Hall–Kier alpha value is -1.06. The standard InChI is InChI=1S/C16H28N2O/c1-6-15(17)16(18(4)11-12(2)3)13-8-7-9-14(10-13)19-5/h7-10,12,15-16H,6,11,17H2,1-5H3. The van der Waals surface area contributed by atoms with Crippen molar-refractivity contribution < 1.29 is 4.74 Å². The molecule has 19 heavy (non-hydrogen) atoms. The summed E-state index contributed by atoms with van der Waals surface area (Å²) in [5, 5.41) is 0. The molecule has 0 fully saturated rings. The molecule has 2 N–H and O–H groups in total. The molecule has 1 rings (SSSR count). The molecule has 2 unspecified atom stereocenters. The zero-order valence-electron chi connectivity index (χ0n) is 12.9. The third kappa shape index (κ3) is 4.51. The van der Waals surface area contributed by atoms with E-state index in [9.17, 15) is 0 Å². The van der Waals surface area contributed by atoms with E-state index in [-0.39, 0.29) is 12.1 Å². The Bertz CT molecular complexity index is 379. The Kier molecular flexibility index (Phi) is 6.32. The highest BCUT2D eigenvalue weighted by atomic mass is 16.5. The van der Waals surface area contributed by atoms with Gasteiger partial charge in [0.1, 0.15) is 5.75 Å². The van der Waals surface area contributed by atoms with Crippen molar-refractivity contribution in [1.82, 2.24) is 4.90 Å². The molecule has 0 saturated heterocycles. The van der Waals surface area contributed by atoms with Gasteiger partial charge in [-0.25, -0.2) is 0 Å². The highest BCUT2D eigenvalue weighted by Crippen LogP contribution is 2.27. The average Bonchev–Trinajstić information content (AvgIpc) is 2.38. The van der Waals surface area contributed by atoms with Crippen molar-refractivity contribution in [3.8, 4) is 5.75 Å². The summed E-state index contributed by atoms with van der Waals surface area (Å²) in [7, 11) is 3.85. The topological polar surface area (TPSA) is 38.5 Å².